The van der Waals surface area contributed by atoms with Gasteiger partial charge < -0.3 is 4.40 Å². The second kappa shape index (κ2) is 3.42. The lowest BCUT2D eigenvalue weighted by Crippen LogP contribution is -1.95. The van der Waals surface area contributed by atoms with E-state index in [1.807, 2.05) is 16.7 Å². The van der Waals surface area contributed by atoms with Gasteiger partial charge in [-0.25, -0.2) is 4.98 Å². The third-order valence-corrected chi connectivity index (χ3v) is 2.12. The Morgan fingerprint density at radius 3 is 3.00 bits per heavy atom. The van der Waals surface area contributed by atoms with Gasteiger partial charge in [0.2, 0.25) is 0 Å². The third-order valence-electron chi connectivity index (χ3n) is 1.89. The number of carbonyl (C=O) groups is 1. The lowest BCUT2D eigenvalue weighted by atomic mass is 10.2. The second-order valence-corrected chi connectivity index (χ2v) is 3.66. The first kappa shape index (κ1) is 9.21. The number of rotatable bonds is 2. The molecule has 0 aliphatic carbocycles. The van der Waals surface area contributed by atoms with E-state index in [0.717, 1.165) is 11.3 Å². The first-order chi connectivity index (χ1) is 6.65. The summed E-state index contributed by atoms with van der Waals surface area (Å²) in [5, 5.41) is 0.657. The molecule has 0 spiro atoms. The predicted molar refractivity (Wildman–Crippen MR) is 54.6 cm³/mol. The number of imidazole rings is 1. The van der Waals surface area contributed by atoms with Crippen molar-refractivity contribution in [2.24, 2.45) is 0 Å². The van der Waals surface area contributed by atoms with Crippen LogP contribution in [0.2, 0.25) is 5.02 Å². The van der Waals surface area contributed by atoms with Gasteiger partial charge in [-0.2, -0.15) is 0 Å². The predicted octanol–water partition coefficient (Wildman–Crippen LogP) is 2.12. The Hall–Kier alpha value is -1.35. The summed E-state index contributed by atoms with van der Waals surface area (Å²) in [6.45, 7) is 1.55. The van der Waals surface area contributed by atoms with Gasteiger partial charge in [0, 0.05) is 18.8 Å². The van der Waals surface area contributed by atoms with Gasteiger partial charge in [-0.3, -0.25) is 4.79 Å². The number of halogens is 1. The molecule has 0 N–H and O–H groups in total. The van der Waals surface area contributed by atoms with E-state index in [9.17, 15) is 4.79 Å². The molecule has 0 atom stereocenters. The van der Waals surface area contributed by atoms with Gasteiger partial charge in [0.05, 0.1) is 10.7 Å². The zero-order valence-corrected chi connectivity index (χ0v) is 8.45. The average molecular weight is 209 g/mol. The van der Waals surface area contributed by atoms with Crippen molar-refractivity contribution in [3.05, 3.63) is 35.2 Å². The van der Waals surface area contributed by atoms with Gasteiger partial charge in [0.1, 0.15) is 11.4 Å². The van der Waals surface area contributed by atoms with Gasteiger partial charge in [-0.15, -0.1) is 0 Å². The highest BCUT2D eigenvalue weighted by atomic mass is 35.5. The fraction of sp³-hybridized carbons (Fsp3) is 0.200. The molecule has 72 valence electrons. The Morgan fingerprint density at radius 1 is 1.50 bits per heavy atom. The van der Waals surface area contributed by atoms with Crippen molar-refractivity contribution in [3.8, 4) is 0 Å². The van der Waals surface area contributed by atoms with Gasteiger partial charge in [-0.05, 0) is 19.1 Å². The average Bonchev–Trinajstić information content (AvgIpc) is 2.44. The van der Waals surface area contributed by atoms with E-state index in [1.165, 1.54) is 0 Å². The molecule has 2 aromatic rings. The van der Waals surface area contributed by atoms with Crippen LogP contribution in [0.3, 0.4) is 0 Å². The molecule has 4 heteroatoms. The molecular formula is C10H9ClN2O. The molecule has 14 heavy (non-hydrogen) atoms. The van der Waals surface area contributed by atoms with Gasteiger partial charge in [-0.1, -0.05) is 11.6 Å². The van der Waals surface area contributed by atoms with E-state index in [4.69, 9.17) is 11.6 Å². The number of nitrogens with zero attached hydrogens (tertiary/aromatic N) is 2. The summed E-state index contributed by atoms with van der Waals surface area (Å²) in [6.07, 6.45) is 3.97. The third kappa shape index (κ3) is 1.77. The molecule has 0 aliphatic heterocycles. The minimum absolute atomic E-state index is 0.111. The topological polar surface area (TPSA) is 34.4 Å². The monoisotopic (exact) mass is 208 g/mol. The highest BCUT2D eigenvalue weighted by molar-refractivity contribution is 6.30. The van der Waals surface area contributed by atoms with Gasteiger partial charge >= 0.3 is 0 Å². The molecule has 0 unspecified atom stereocenters. The van der Waals surface area contributed by atoms with E-state index < -0.39 is 0 Å². The van der Waals surface area contributed by atoms with E-state index >= 15 is 0 Å². The van der Waals surface area contributed by atoms with Crippen molar-refractivity contribution in [2.45, 2.75) is 13.3 Å². The number of Topliss-reactive ketones (excluding diaryl/α,β-unsaturated/α-hetero) is 1. The van der Waals surface area contributed by atoms with Crippen molar-refractivity contribution < 1.29 is 4.79 Å². The Balaban J connectivity index is 2.46. The van der Waals surface area contributed by atoms with Crippen LogP contribution in [0.4, 0.5) is 0 Å². The summed E-state index contributed by atoms with van der Waals surface area (Å²) in [6, 6.07) is 3.60. The van der Waals surface area contributed by atoms with Crippen molar-refractivity contribution in [2.75, 3.05) is 0 Å². The van der Waals surface area contributed by atoms with E-state index in [0.29, 0.717) is 11.4 Å². The summed E-state index contributed by atoms with van der Waals surface area (Å²) >= 11 is 5.82. The van der Waals surface area contributed by atoms with Crippen LogP contribution in [0.15, 0.2) is 24.5 Å². The number of pyridine rings is 1. The molecule has 2 aromatic heterocycles. The molecule has 3 nitrogen and oxygen atoms in total. The molecule has 0 bridgehead atoms. The molecule has 0 saturated heterocycles. The zero-order valence-electron chi connectivity index (χ0n) is 7.70. The van der Waals surface area contributed by atoms with Crippen LogP contribution in [0, 0.1) is 0 Å². The zero-order chi connectivity index (χ0) is 10.1. The molecule has 0 saturated carbocycles. The van der Waals surface area contributed by atoms with Crippen LogP contribution in [-0.2, 0) is 11.2 Å². The maximum atomic E-state index is 10.9. The molecule has 0 amide bonds. The number of aromatic nitrogens is 2. The van der Waals surface area contributed by atoms with Crippen LogP contribution in [-0.4, -0.2) is 15.2 Å². The number of hydrogen-bond donors (Lipinski definition) is 0. The number of carbonyl (C=O) groups excluding carboxylic acids is 1. The minimum atomic E-state index is 0.111. The highest BCUT2D eigenvalue weighted by Crippen LogP contribution is 2.11. The van der Waals surface area contributed by atoms with Crippen LogP contribution in [0.25, 0.3) is 5.65 Å². The highest BCUT2D eigenvalue weighted by Gasteiger charge is 2.03. The maximum absolute atomic E-state index is 10.9. The van der Waals surface area contributed by atoms with Crippen LogP contribution in [0.1, 0.15) is 12.6 Å². The van der Waals surface area contributed by atoms with E-state index in [-0.39, 0.29) is 5.78 Å². The molecule has 2 heterocycles. The quantitative estimate of drug-likeness (QED) is 0.758. The van der Waals surface area contributed by atoms with Crippen LogP contribution in [0.5, 0.6) is 0 Å². The summed E-state index contributed by atoms with van der Waals surface area (Å²) in [5.74, 6) is 0.111. The summed E-state index contributed by atoms with van der Waals surface area (Å²) < 4.78 is 1.82. The SMILES string of the molecule is CC(=O)Cc1cn2cc(Cl)ccc2n1. The van der Waals surface area contributed by atoms with Crippen molar-refractivity contribution in [1.82, 2.24) is 9.38 Å². The summed E-state index contributed by atoms with van der Waals surface area (Å²) in [7, 11) is 0. The molecule has 0 radical (unpaired) electrons. The fourth-order valence-corrected chi connectivity index (χ4v) is 1.53. The first-order valence-corrected chi connectivity index (χ1v) is 4.65. The maximum Gasteiger partial charge on any atom is 0.137 e. The standard InChI is InChI=1S/C10H9ClN2O/c1-7(14)4-9-6-13-5-8(11)2-3-10(13)12-9/h2-3,5-6H,4H2,1H3. The van der Waals surface area contributed by atoms with E-state index in [2.05, 4.69) is 4.98 Å². The van der Waals surface area contributed by atoms with Crippen molar-refractivity contribution in [1.29, 1.82) is 0 Å². The van der Waals surface area contributed by atoms with Crippen LogP contribution >= 0.6 is 11.6 Å². The molecule has 0 aromatic carbocycles. The lowest BCUT2D eigenvalue weighted by molar-refractivity contribution is -0.116. The Labute approximate surface area is 86.3 Å². The largest absolute Gasteiger partial charge is 0.305 e. The van der Waals surface area contributed by atoms with Gasteiger partial charge in [0.15, 0.2) is 0 Å². The Morgan fingerprint density at radius 2 is 2.29 bits per heavy atom. The Kier molecular flexibility index (Phi) is 2.25. The number of fused-ring (bicyclic) bond motifs is 1. The molecule has 0 fully saturated rings. The van der Waals surface area contributed by atoms with Crippen molar-refractivity contribution in [3.63, 3.8) is 0 Å². The second-order valence-electron chi connectivity index (χ2n) is 3.22. The minimum Gasteiger partial charge on any atom is -0.305 e. The summed E-state index contributed by atoms with van der Waals surface area (Å²) in [4.78, 5) is 15.2. The Bertz CT molecular complexity index is 490. The molecule has 2 rings (SSSR count). The fourth-order valence-electron chi connectivity index (χ4n) is 1.36. The van der Waals surface area contributed by atoms with E-state index in [1.54, 1.807) is 19.2 Å². The normalized spacial score (nSPS) is 10.7. The molecular weight excluding hydrogens is 200 g/mol. The smallest absolute Gasteiger partial charge is 0.137 e. The molecule has 0 aliphatic rings. The number of hydrogen-bond acceptors (Lipinski definition) is 2. The number of ketones is 1. The lowest BCUT2D eigenvalue weighted by Gasteiger charge is -1.91. The van der Waals surface area contributed by atoms with Gasteiger partial charge in [0.25, 0.3) is 0 Å². The summed E-state index contributed by atoms with van der Waals surface area (Å²) in [5.41, 5.74) is 1.59. The first-order valence-electron chi connectivity index (χ1n) is 4.28. The van der Waals surface area contributed by atoms with Crippen LogP contribution < -0.4 is 0 Å². The van der Waals surface area contributed by atoms with Crippen molar-refractivity contribution >= 4 is 23.0 Å².